The largest absolute Gasteiger partial charge is 0.493 e. The van der Waals surface area contributed by atoms with E-state index in [9.17, 15) is 14.0 Å². The second-order valence-corrected chi connectivity index (χ2v) is 7.30. The molecule has 160 valence electrons. The van der Waals surface area contributed by atoms with Crippen molar-refractivity contribution in [2.45, 2.75) is 19.3 Å². The third kappa shape index (κ3) is 4.40. The molecule has 0 aromatic heterocycles. The van der Waals surface area contributed by atoms with Crippen LogP contribution in [0.25, 0.3) is 0 Å². The number of methoxy groups -OCH3 is 2. The maximum Gasteiger partial charge on any atom is 0.253 e. The molecule has 0 radical (unpaired) electrons. The fraction of sp³-hybridized carbons (Fsp3) is 0.391. The molecule has 0 bridgehead atoms. The Labute approximate surface area is 176 Å². The highest BCUT2D eigenvalue weighted by Crippen LogP contribution is 2.42. The quantitative estimate of drug-likeness (QED) is 0.755. The summed E-state index contributed by atoms with van der Waals surface area (Å²) in [6, 6.07) is 11.0. The maximum atomic E-state index is 13.2. The zero-order valence-electron chi connectivity index (χ0n) is 17.5. The van der Waals surface area contributed by atoms with Gasteiger partial charge in [-0.05, 0) is 36.8 Å². The smallest absolute Gasteiger partial charge is 0.253 e. The molecule has 0 spiro atoms. The minimum absolute atomic E-state index is 0.0962. The van der Waals surface area contributed by atoms with Crippen LogP contribution in [0.3, 0.4) is 0 Å². The van der Waals surface area contributed by atoms with E-state index in [1.807, 2.05) is 19.1 Å². The molecule has 2 amide bonds. The molecular formula is C23H27FN2O4. The molecule has 0 aliphatic carbocycles. The van der Waals surface area contributed by atoms with Crippen molar-refractivity contribution in [2.75, 3.05) is 33.9 Å². The molecular weight excluding hydrogens is 387 g/mol. The van der Waals surface area contributed by atoms with Crippen molar-refractivity contribution < 1.29 is 23.5 Å². The molecule has 1 aliphatic heterocycles. The van der Waals surface area contributed by atoms with Crippen molar-refractivity contribution in [1.82, 2.24) is 10.2 Å². The van der Waals surface area contributed by atoms with Gasteiger partial charge in [0.05, 0.1) is 20.1 Å². The van der Waals surface area contributed by atoms with Gasteiger partial charge in [-0.15, -0.1) is 0 Å². The van der Waals surface area contributed by atoms with E-state index < -0.39 is 11.7 Å². The van der Waals surface area contributed by atoms with E-state index in [2.05, 4.69) is 5.32 Å². The SMILES string of the molecule is CCCNC(=O)[C@@H]1CN(C(=O)c2ccc(F)cc2)C[C@H]1c1cccc(OC)c1OC. The molecule has 2 aromatic rings. The van der Waals surface area contributed by atoms with Gasteiger partial charge in [-0.3, -0.25) is 9.59 Å². The van der Waals surface area contributed by atoms with Gasteiger partial charge in [-0.2, -0.15) is 0 Å². The lowest BCUT2D eigenvalue weighted by atomic mass is 9.87. The highest BCUT2D eigenvalue weighted by molar-refractivity contribution is 5.95. The number of rotatable bonds is 7. The number of halogens is 1. The van der Waals surface area contributed by atoms with E-state index in [1.165, 1.54) is 24.3 Å². The number of nitrogens with zero attached hydrogens (tertiary/aromatic N) is 1. The summed E-state index contributed by atoms with van der Waals surface area (Å²) < 4.78 is 24.2. The summed E-state index contributed by atoms with van der Waals surface area (Å²) in [4.78, 5) is 27.6. The van der Waals surface area contributed by atoms with Crippen LogP contribution in [0.2, 0.25) is 0 Å². The highest BCUT2D eigenvalue weighted by Gasteiger charge is 2.42. The van der Waals surface area contributed by atoms with E-state index in [0.717, 1.165) is 12.0 Å². The minimum atomic E-state index is -0.429. The van der Waals surface area contributed by atoms with Crippen LogP contribution in [-0.4, -0.2) is 50.6 Å². The monoisotopic (exact) mass is 414 g/mol. The van der Waals surface area contributed by atoms with E-state index in [4.69, 9.17) is 9.47 Å². The third-order valence-electron chi connectivity index (χ3n) is 5.42. The van der Waals surface area contributed by atoms with Gasteiger partial charge in [0, 0.05) is 36.7 Å². The molecule has 1 heterocycles. The lowest BCUT2D eigenvalue weighted by Crippen LogP contribution is -2.36. The number of hydrogen-bond acceptors (Lipinski definition) is 4. The first-order valence-electron chi connectivity index (χ1n) is 10.0. The Morgan fingerprint density at radius 1 is 1.10 bits per heavy atom. The van der Waals surface area contributed by atoms with Crippen molar-refractivity contribution in [3.63, 3.8) is 0 Å². The average molecular weight is 414 g/mol. The van der Waals surface area contributed by atoms with Crippen LogP contribution < -0.4 is 14.8 Å². The lowest BCUT2D eigenvalue weighted by Gasteiger charge is -2.21. The normalized spacial score (nSPS) is 18.2. The first-order valence-corrected chi connectivity index (χ1v) is 10.0. The first-order chi connectivity index (χ1) is 14.5. The average Bonchev–Trinajstić information content (AvgIpc) is 3.22. The Balaban J connectivity index is 1.94. The maximum absolute atomic E-state index is 13.2. The van der Waals surface area contributed by atoms with Gasteiger partial charge in [0.2, 0.25) is 5.91 Å². The number of hydrogen-bond donors (Lipinski definition) is 1. The Bertz CT molecular complexity index is 901. The Kier molecular flexibility index (Phi) is 6.92. The molecule has 1 fully saturated rings. The summed E-state index contributed by atoms with van der Waals surface area (Å²) in [6.45, 7) is 3.19. The van der Waals surface area contributed by atoms with E-state index in [1.54, 1.807) is 25.2 Å². The molecule has 3 rings (SSSR count). The Hall–Kier alpha value is -3.09. The number of benzene rings is 2. The number of nitrogens with one attached hydrogen (secondary N) is 1. The van der Waals surface area contributed by atoms with Gasteiger partial charge < -0.3 is 19.7 Å². The molecule has 2 aromatic carbocycles. The van der Waals surface area contributed by atoms with Gasteiger partial charge >= 0.3 is 0 Å². The van der Waals surface area contributed by atoms with E-state index in [0.29, 0.717) is 30.2 Å². The van der Waals surface area contributed by atoms with Gasteiger partial charge in [0.1, 0.15) is 5.82 Å². The van der Waals surface area contributed by atoms with Crippen molar-refractivity contribution in [1.29, 1.82) is 0 Å². The van der Waals surface area contributed by atoms with Gasteiger partial charge in [0.15, 0.2) is 11.5 Å². The van der Waals surface area contributed by atoms with Crippen LogP contribution >= 0.6 is 0 Å². The molecule has 2 atom stereocenters. The highest BCUT2D eigenvalue weighted by atomic mass is 19.1. The number of likely N-dealkylation sites (tertiary alicyclic amines) is 1. The van der Waals surface area contributed by atoms with E-state index >= 15 is 0 Å². The van der Waals surface area contributed by atoms with Gasteiger partial charge in [-0.25, -0.2) is 4.39 Å². The van der Waals surface area contributed by atoms with Crippen LogP contribution in [0.1, 0.15) is 35.2 Å². The van der Waals surface area contributed by atoms with Crippen LogP contribution in [0.4, 0.5) is 4.39 Å². The topological polar surface area (TPSA) is 67.9 Å². The fourth-order valence-corrected chi connectivity index (χ4v) is 3.91. The number of carbonyl (C=O) groups excluding carboxylic acids is 2. The predicted molar refractivity (Wildman–Crippen MR) is 111 cm³/mol. The fourth-order valence-electron chi connectivity index (χ4n) is 3.91. The molecule has 1 aliphatic rings. The molecule has 6 nitrogen and oxygen atoms in total. The Morgan fingerprint density at radius 3 is 2.47 bits per heavy atom. The number of ether oxygens (including phenoxy) is 2. The first kappa shape index (κ1) is 21.6. The van der Waals surface area contributed by atoms with E-state index in [-0.39, 0.29) is 24.3 Å². The Morgan fingerprint density at radius 2 is 1.83 bits per heavy atom. The van der Waals surface area contributed by atoms with Crippen molar-refractivity contribution in [3.05, 3.63) is 59.4 Å². The molecule has 7 heteroatoms. The van der Waals surface area contributed by atoms with Crippen molar-refractivity contribution in [2.24, 2.45) is 5.92 Å². The van der Waals surface area contributed by atoms with Crippen LogP contribution in [0.5, 0.6) is 11.5 Å². The molecule has 30 heavy (non-hydrogen) atoms. The second kappa shape index (κ2) is 9.61. The summed E-state index contributed by atoms with van der Waals surface area (Å²) in [5, 5.41) is 2.95. The molecule has 1 N–H and O–H groups in total. The summed E-state index contributed by atoms with van der Waals surface area (Å²) in [6.07, 6.45) is 0.823. The number of para-hydroxylation sites is 1. The zero-order chi connectivity index (χ0) is 21.7. The summed E-state index contributed by atoms with van der Waals surface area (Å²) in [5.41, 5.74) is 1.21. The van der Waals surface area contributed by atoms with Gasteiger partial charge in [0.25, 0.3) is 5.91 Å². The lowest BCUT2D eigenvalue weighted by molar-refractivity contribution is -0.124. The van der Waals surface area contributed by atoms with Crippen molar-refractivity contribution >= 4 is 11.8 Å². The second-order valence-electron chi connectivity index (χ2n) is 7.30. The molecule has 0 saturated carbocycles. The zero-order valence-corrected chi connectivity index (χ0v) is 17.5. The van der Waals surface area contributed by atoms with Crippen LogP contribution in [0, 0.1) is 11.7 Å². The minimum Gasteiger partial charge on any atom is -0.493 e. The third-order valence-corrected chi connectivity index (χ3v) is 5.42. The van der Waals surface area contributed by atoms with Crippen LogP contribution in [0.15, 0.2) is 42.5 Å². The molecule has 0 unspecified atom stereocenters. The number of carbonyl (C=O) groups is 2. The van der Waals surface area contributed by atoms with Gasteiger partial charge in [-0.1, -0.05) is 19.1 Å². The summed E-state index contributed by atoms with van der Waals surface area (Å²) in [7, 11) is 3.12. The number of amides is 2. The molecule has 1 saturated heterocycles. The predicted octanol–water partition coefficient (Wildman–Crippen LogP) is 3.22. The van der Waals surface area contributed by atoms with Crippen molar-refractivity contribution in [3.8, 4) is 11.5 Å². The summed E-state index contributed by atoms with van der Waals surface area (Å²) >= 11 is 0. The summed E-state index contributed by atoms with van der Waals surface area (Å²) in [5.74, 6) is -0.267. The van der Waals surface area contributed by atoms with Crippen LogP contribution in [-0.2, 0) is 4.79 Å². The standard InChI is InChI=1S/C23H27FN2O4/c1-4-12-25-22(27)19-14-26(23(28)15-8-10-16(24)11-9-15)13-18(19)17-6-5-7-20(29-2)21(17)30-3/h5-11,18-19H,4,12-14H2,1-3H3,(H,25,27)/t18-,19+/m0/s1.